The zero-order chi connectivity index (χ0) is 14.6. The zero-order valence-electron chi connectivity index (χ0n) is 12.0. The standard InChI is InChI=1S/C16H18N2O2/c1-16(2,19-3)8-9-20-15-10-12(11-17)13-6-4-5-7-14(13)18-15/h4-7,10H,8-9H2,1-3H3. The molecule has 0 aliphatic heterocycles. The number of benzene rings is 1. The summed E-state index contributed by atoms with van der Waals surface area (Å²) < 4.78 is 11.0. The zero-order valence-corrected chi connectivity index (χ0v) is 12.0. The molecule has 20 heavy (non-hydrogen) atoms. The lowest BCUT2D eigenvalue weighted by Gasteiger charge is -2.22. The predicted octanol–water partition coefficient (Wildman–Crippen LogP) is 3.30. The van der Waals surface area contributed by atoms with E-state index in [2.05, 4.69) is 11.1 Å². The molecule has 0 saturated heterocycles. The first-order valence-corrected chi connectivity index (χ1v) is 6.53. The first-order chi connectivity index (χ1) is 9.55. The summed E-state index contributed by atoms with van der Waals surface area (Å²) in [5.41, 5.74) is 1.12. The lowest BCUT2D eigenvalue weighted by Crippen LogP contribution is -2.25. The fourth-order valence-electron chi connectivity index (χ4n) is 1.82. The van der Waals surface area contributed by atoms with E-state index in [4.69, 9.17) is 9.47 Å². The van der Waals surface area contributed by atoms with Gasteiger partial charge >= 0.3 is 0 Å². The van der Waals surface area contributed by atoms with E-state index in [1.54, 1.807) is 13.2 Å². The van der Waals surface area contributed by atoms with E-state index in [1.807, 2.05) is 38.1 Å². The van der Waals surface area contributed by atoms with Crippen LogP contribution in [0, 0.1) is 11.3 Å². The molecular weight excluding hydrogens is 252 g/mol. The van der Waals surface area contributed by atoms with Gasteiger partial charge in [0.25, 0.3) is 0 Å². The quantitative estimate of drug-likeness (QED) is 0.836. The van der Waals surface area contributed by atoms with Crippen molar-refractivity contribution in [2.45, 2.75) is 25.9 Å². The molecule has 0 N–H and O–H groups in total. The number of fused-ring (bicyclic) bond motifs is 1. The second kappa shape index (κ2) is 5.89. The molecule has 0 aliphatic rings. The summed E-state index contributed by atoms with van der Waals surface area (Å²) in [7, 11) is 1.68. The Morgan fingerprint density at radius 1 is 1.30 bits per heavy atom. The van der Waals surface area contributed by atoms with Crippen molar-refractivity contribution in [3.63, 3.8) is 0 Å². The van der Waals surface area contributed by atoms with Crippen LogP contribution in [0.1, 0.15) is 25.8 Å². The van der Waals surface area contributed by atoms with Crippen molar-refractivity contribution in [3.05, 3.63) is 35.9 Å². The van der Waals surface area contributed by atoms with E-state index in [0.717, 1.165) is 17.3 Å². The minimum absolute atomic E-state index is 0.227. The second-order valence-electron chi connectivity index (χ2n) is 5.20. The first kappa shape index (κ1) is 14.3. The highest BCUT2D eigenvalue weighted by Gasteiger charge is 2.16. The van der Waals surface area contributed by atoms with Crippen LogP contribution in [0.15, 0.2) is 30.3 Å². The summed E-state index contributed by atoms with van der Waals surface area (Å²) in [6.45, 7) is 4.51. The Morgan fingerprint density at radius 2 is 2.05 bits per heavy atom. The summed E-state index contributed by atoms with van der Waals surface area (Å²) in [5.74, 6) is 0.479. The van der Waals surface area contributed by atoms with Crippen molar-refractivity contribution < 1.29 is 9.47 Å². The van der Waals surface area contributed by atoms with Crippen LogP contribution in [0.3, 0.4) is 0 Å². The number of nitrogens with zero attached hydrogens (tertiary/aromatic N) is 2. The van der Waals surface area contributed by atoms with Crippen LogP contribution in [0.4, 0.5) is 0 Å². The molecule has 0 bridgehead atoms. The number of hydrogen-bond acceptors (Lipinski definition) is 4. The second-order valence-corrected chi connectivity index (χ2v) is 5.20. The summed E-state index contributed by atoms with van der Waals surface area (Å²) in [6.07, 6.45) is 0.750. The average Bonchev–Trinajstić information content (AvgIpc) is 2.46. The lowest BCUT2D eigenvalue weighted by atomic mass is 10.1. The van der Waals surface area contributed by atoms with Gasteiger partial charge in [-0.2, -0.15) is 5.26 Å². The van der Waals surface area contributed by atoms with Crippen LogP contribution in [0.25, 0.3) is 10.9 Å². The van der Waals surface area contributed by atoms with Crippen molar-refractivity contribution in [1.29, 1.82) is 5.26 Å². The van der Waals surface area contributed by atoms with Crippen LogP contribution in [-0.2, 0) is 4.74 Å². The van der Waals surface area contributed by atoms with Gasteiger partial charge in [-0.25, -0.2) is 4.98 Å². The van der Waals surface area contributed by atoms with Gasteiger partial charge in [-0.3, -0.25) is 0 Å². The van der Waals surface area contributed by atoms with Gasteiger partial charge in [-0.15, -0.1) is 0 Å². The molecule has 4 nitrogen and oxygen atoms in total. The number of nitriles is 1. The van der Waals surface area contributed by atoms with E-state index < -0.39 is 0 Å². The fourth-order valence-corrected chi connectivity index (χ4v) is 1.82. The van der Waals surface area contributed by atoms with Crippen LogP contribution in [-0.4, -0.2) is 24.3 Å². The summed E-state index contributed by atoms with van der Waals surface area (Å²) in [6, 6.07) is 11.4. The number of ether oxygens (including phenoxy) is 2. The Balaban J connectivity index is 2.17. The van der Waals surface area contributed by atoms with Gasteiger partial charge < -0.3 is 9.47 Å². The van der Waals surface area contributed by atoms with Gasteiger partial charge in [0.15, 0.2) is 0 Å². The van der Waals surface area contributed by atoms with E-state index in [1.165, 1.54) is 0 Å². The predicted molar refractivity (Wildman–Crippen MR) is 77.7 cm³/mol. The average molecular weight is 270 g/mol. The fraction of sp³-hybridized carbons (Fsp3) is 0.375. The van der Waals surface area contributed by atoms with Gasteiger partial charge in [-0.05, 0) is 19.9 Å². The normalized spacial score (nSPS) is 11.3. The summed E-state index contributed by atoms with van der Waals surface area (Å²) in [4.78, 5) is 4.42. The first-order valence-electron chi connectivity index (χ1n) is 6.53. The van der Waals surface area contributed by atoms with E-state index in [9.17, 15) is 5.26 Å². The molecular formula is C16H18N2O2. The van der Waals surface area contributed by atoms with Gasteiger partial charge in [0, 0.05) is 25.0 Å². The molecule has 1 heterocycles. The third kappa shape index (κ3) is 3.25. The number of methoxy groups -OCH3 is 1. The molecule has 1 aromatic carbocycles. The Hall–Kier alpha value is -2.12. The molecule has 104 valence electrons. The van der Waals surface area contributed by atoms with Crippen LogP contribution in [0.2, 0.25) is 0 Å². The third-order valence-electron chi connectivity index (χ3n) is 3.32. The molecule has 0 radical (unpaired) electrons. The smallest absolute Gasteiger partial charge is 0.215 e. The Bertz CT molecular complexity index is 644. The van der Waals surface area contributed by atoms with Crippen LogP contribution >= 0.6 is 0 Å². The number of rotatable bonds is 5. The van der Waals surface area contributed by atoms with Gasteiger partial charge in [0.1, 0.15) is 6.07 Å². The van der Waals surface area contributed by atoms with Crippen LogP contribution < -0.4 is 4.74 Å². The highest BCUT2D eigenvalue weighted by Crippen LogP contribution is 2.22. The lowest BCUT2D eigenvalue weighted by molar-refractivity contribution is 0.00511. The molecule has 2 rings (SSSR count). The SMILES string of the molecule is COC(C)(C)CCOc1cc(C#N)c2ccccc2n1. The Kier molecular flexibility index (Phi) is 4.21. The molecule has 0 saturated carbocycles. The highest BCUT2D eigenvalue weighted by molar-refractivity contribution is 5.85. The van der Waals surface area contributed by atoms with Crippen molar-refractivity contribution in [3.8, 4) is 11.9 Å². The van der Waals surface area contributed by atoms with Crippen molar-refractivity contribution in [2.24, 2.45) is 0 Å². The van der Waals surface area contributed by atoms with Gasteiger partial charge in [0.2, 0.25) is 5.88 Å². The number of pyridine rings is 1. The molecule has 0 aliphatic carbocycles. The number of para-hydroxylation sites is 1. The monoisotopic (exact) mass is 270 g/mol. The minimum atomic E-state index is -0.227. The van der Waals surface area contributed by atoms with Crippen molar-refractivity contribution in [1.82, 2.24) is 4.98 Å². The molecule has 0 amide bonds. The molecule has 0 unspecified atom stereocenters. The molecule has 2 aromatic rings. The van der Waals surface area contributed by atoms with E-state index in [0.29, 0.717) is 18.1 Å². The van der Waals surface area contributed by atoms with Crippen molar-refractivity contribution >= 4 is 10.9 Å². The molecule has 0 fully saturated rings. The molecule has 4 heteroatoms. The topological polar surface area (TPSA) is 55.1 Å². The Morgan fingerprint density at radius 3 is 2.75 bits per heavy atom. The van der Waals surface area contributed by atoms with Crippen molar-refractivity contribution in [2.75, 3.05) is 13.7 Å². The molecule has 0 spiro atoms. The summed E-state index contributed by atoms with van der Waals surface area (Å²) in [5, 5.41) is 10.0. The maximum absolute atomic E-state index is 9.20. The van der Waals surface area contributed by atoms with E-state index in [-0.39, 0.29) is 5.60 Å². The third-order valence-corrected chi connectivity index (χ3v) is 3.32. The highest BCUT2D eigenvalue weighted by atomic mass is 16.5. The maximum atomic E-state index is 9.20. The number of hydrogen-bond donors (Lipinski definition) is 0. The van der Waals surface area contributed by atoms with Crippen LogP contribution in [0.5, 0.6) is 5.88 Å². The molecule has 1 aromatic heterocycles. The van der Waals surface area contributed by atoms with Gasteiger partial charge in [0.05, 0.1) is 23.3 Å². The number of aromatic nitrogens is 1. The van der Waals surface area contributed by atoms with E-state index >= 15 is 0 Å². The Labute approximate surface area is 119 Å². The minimum Gasteiger partial charge on any atom is -0.478 e. The summed E-state index contributed by atoms with van der Waals surface area (Å²) >= 11 is 0. The van der Waals surface area contributed by atoms with Gasteiger partial charge in [-0.1, -0.05) is 18.2 Å². The largest absolute Gasteiger partial charge is 0.478 e. The molecule has 0 atom stereocenters. The maximum Gasteiger partial charge on any atom is 0.215 e.